The van der Waals surface area contributed by atoms with Crippen molar-refractivity contribution in [2.75, 3.05) is 20.1 Å². The number of hydrogen-bond donors (Lipinski definition) is 2. The maximum atomic E-state index is 10.5. The Bertz CT molecular complexity index is 184. The van der Waals surface area contributed by atoms with E-state index in [9.17, 15) is 5.11 Å². The van der Waals surface area contributed by atoms with E-state index in [1.807, 2.05) is 6.92 Å². The van der Waals surface area contributed by atoms with Gasteiger partial charge in [-0.2, -0.15) is 0 Å². The fraction of sp³-hybridized carbons (Fsp3) is 1.00. The van der Waals surface area contributed by atoms with E-state index in [2.05, 4.69) is 18.9 Å². The summed E-state index contributed by atoms with van der Waals surface area (Å²) in [7, 11) is 2.09. The first-order valence-electron chi connectivity index (χ1n) is 5.61. The molecule has 3 heteroatoms. The highest BCUT2D eigenvalue weighted by molar-refractivity contribution is 5.02. The molecule has 0 spiro atoms. The van der Waals surface area contributed by atoms with Crippen LogP contribution in [0.3, 0.4) is 0 Å². The molecule has 3 N–H and O–H groups in total. The molecule has 0 aromatic heterocycles. The maximum Gasteiger partial charge on any atom is 0.0847 e. The van der Waals surface area contributed by atoms with E-state index < -0.39 is 11.1 Å². The molecule has 1 unspecified atom stereocenters. The number of nitrogens with two attached hydrogens (primary N) is 1. The van der Waals surface area contributed by atoms with E-state index in [4.69, 9.17) is 5.73 Å². The van der Waals surface area contributed by atoms with Gasteiger partial charge in [-0.25, -0.2) is 0 Å². The Kier molecular flexibility index (Phi) is 3.56. The molecule has 1 fully saturated rings. The van der Waals surface area contributed by atoms with Crippen molar-refractivity contribution < 1.29 is 5.11 Å². The molecule has 0 aromatic carbocycles. The van der Waals surface area contributed by atoms with Gasteiger partial charge in [0.25, 0.3) is 0 Å². The lowest BCUT2D eigenvalue weighted by Gasteiger charge is -2.47. The summed E-state index contributed by atoms with van der Waals surface area (Å²) in [4.78, 5) is 2.25. The molecule has 1 atom stereocenters. The van der Waals surface area contributed by atoms with Crippen molar-refractivity contribution in [1.82, 2.24) is 4.90 Å². The second-order valence-corrected chi connectivity index (χ2v) is 5.00. The van der Waals surface area contributed by atoms with Crippen molar-refractivity contribution in [3.63, 3.8) is 0 Å². The first-order chi connectivity index (χ1) is 6.41. The SMILES string of the molecule is CCCC(C)(N)C1(O)CCN(C)CC1. The highest BCUT2D eigenvalue weighted by atomic mass is 16.3. The lowest BCUT2D eigenvalue weighted by molar-refractivity contribution is -0.0739. The molecule has 1 heterocycles. The van der Waals surface area contributed by atoms with Gasteiger partial charge in [-0.1, -0.05) is 13.3 Å². The molecule has 1 aliphatic heterocycles. The minimum Gasteiger partial charge on any atom is -0.388 e. The number of likely N-dealkylation sites (tertiary alicyclic amines) is 1. The van der Waals surface area contributed by atoms with E-state index in [0.717, 1.165) is 38.8 Å². The summed E-state index contributed by atoms with van der Waals surface area (Å²) in [5.41, 5.74) is 5.13. The molecule has 84 valence electrons. The molecule has 14 heavy (non-hydrogen) atoms. The minimum absolute atomic E-state index is 0.428. The normalized spacial score (nSPS) is 27.2. The quantitative estimate of drug-likeness (QED) is 0.713. The predicted molar refractivity (Wildman–Crippen MR) is 59.2 cm³/mol. The molecule has 0 aliphatic carbocycles. The van der Waals surface area contributed by atoms with Gasteiger partial charge in [0, 0.05) is 18.6 Å². The highest BCUT2D eigenvalue weighted by Crippen LogP contribution is 2.33. The Labute approximate surface area is 87.3 Å². The second kappa shape index (κ2) is 4.17. The van der Waals surface area contributed by atoms with Gasteiger partial charge in [-0.05, 0) is 33.2 Å². The van der Waals surface area contributed by atoms with Crippen molar-refractivity contribution in [3.8, 4) is 0 Å². The van der Waals surface area contributed by atoms with Crippen molar-refractivity contribution in [3.05, 3.63) is 0 Å². The van der Waals surface area contributed by atoms with Gasteiger partial charge in [0.05, 0.1) is 5.60 Å². The first kappa shape index (κ1) is 12.0. The van der Waals surface area contributed by atoms with Crippen LogP contribution >= 0.6 is 0 Å². The van der Waals surface area contributed by atoms with Crippen LogP contribution in [-0.4, -0.2) is 41.3 Å². The number of hydrogen-bond acceptors (Lipinski definition) is 3. The largest absolute Gasteiger partial charge is 0.388 e. The molecule has 0 amide bonds. The van der Waals surface area contributed by atoms with E-state index >= 15 is 0 Å². The number of piperidine rings is 1. The lowest BCUT2D eigenvalue weighted by atomic mass is 9.73. The van der Waals surface area contributed by atoms with Crippen molar-refractivity contribution >= 4 is 0 Å². The standard InChI is InChI=1S/C11H24N2O/c1-4-5-10(2,12)11(14)6-8-13(3)9-7-11/h14H,4-9,12H2,1-3H3. The Morgan fingerprint density at radius 3 is 2.36 bits per heavy atom. The monoisotopic (exact) mass is 200 g/mol. The third-order valence-electron chi connectivity index (χ3n) is 3.65. The van der Waals surface area contributed by atoms with Crippen LogP contribution in [0.4, 0.5) is 0 Å². The average molecular weight is 200 g/mol. The van der Waals surface area contributed by atoms with E-state index in [-0.39, 0.29) is 0 Å². The van der Waals surface area contributed by atoms with Gasteiger partial charge in [0.2, 0.25) is 0 Å². The second-order valence-electron chi connectivity index (χ2n) is 5.00. The van der Waals surface area contributed by atoms with Gasteiger partial charge in [-0.3, -0.25) is 0 Å². The van der Waals surface area contributed by atoms with Gasteiger partial charge in [-0.15, -0.1) is 0 Å². The third-order valence-corrected chi connectivity index (χ3v) is 3.65. The summed E-state index contributed by atoms with van der Waals surface area (Å²) >= 11 is 0. The van der Waals surface area contributed by atoms with Crippen LogP contribution in [0.15, 0.2) is 0 Å². The Balaban J connectivity index is 2.64. The average Bonchev–Trinajstić information content (AvgIpc) is 2.10. The molecule has 1 aliphatic rings. The van der Waals surface area contributed by atoms with Gasteiger partial charge < -0.3 is 15.7 Å². The van der Waals surface area contributed by atoms with Crippen LogP contribution in [-0.2, 0) is 0 Å². The molecule has 0 radical (unpaired) electrons. The summed E-state index contributed by atoms with van der Waals surface area (Å²) in [6.45, 7) is 6.01. The van der Waals surface area contributed by atoms with Gasteiger partial charge in [0.1, 0.15) is 0 Å². The third kappa shape index (κ3) is 2.27. The number of nitrogens with zero attached hydrogens (tertiary/aromatic N) is 1. The van der Waals surface area contributed by atoms with Crippen LogP contribution in [0.2, 0.25) is 0 Å². The van der Waals surface area contributed by atoms with E-state index in [1.165, 1.54) is 0 Å². The van der Waals surface area contributed by atoms with Crippen molar-refractivity contribution in [1.29, 1.82) is 0 Å². The predicted octanol–water partition coefficient (Wildman–Crippen LogP) is 0.961. The van der Waals surface area contributed by atoms with Crippen LogP contribution in [0, 0.1) is 0 Å². The Hall–Kier alpha value is -0.120. The zero-order chi connectivity index (χ0) is 10.8. The van der Waals surface area contributed by atoms with Crippen molar-refractivity contribution in [2.45, 2.75) is 50.7 Å². The summed E-state index contributed by atoms with van der Waals surface area (Å²) < 4.78 is 0. The fourth-order valence-electron chi connectivity index (χ4n) is 2.31. The summed E-state index contributed by atoms with van der Waals surface area (Å²) in [6.07, 6.45) is 3.53. The van der Waals surface area contributed by atoms with Gasteiger partial charge >= 0.3 is 0 Å². The Morgan fingerprint density at radius 1 is 1.43 bits per heavy atom. The zero-order valence-electron chi connectivity index (χ0n) is 9.71. The van der Waals surface area contributed by atoms with Crippen LogP contribution in [0.1, 0.15) is 39.5 Å². The molecular formula is C11H24N2O. The topological polar surface area (TPSA) is 49.5 Å². The fourth-order valence-corrected chi connectivity index (χ4v) is 2.31. The smallest absolute Gasteiger partial charge is 0.0847 e. The Morgan fingerprint density at radius 2 is 1.93 bits per heavy atom. The molecular weight excluding hydrogens is 176 g/mol. The van der Waals surface area contributed by atoms with Crippen LogP contribution in [0.25, 0.3) is 0 Å². The summed E-state index contributed by atoms with van der Waals surface area (Å²) in [6, 6.07) is 0. The molecule has 1 saturated heterocycles. The molecule has 3 nitrogen and oxygen atoms in total. The molecule has 0 saturated carbocycles. The first-order valence-corrected chi connectivity index (χ1v) is 5.61. The number of aliphatic hydroxyl groups is 1. The summed E-state index contributed by atoms with van der Waals surface area (Å²) in [5.74, 6) is 0. The summed E-state index contributed by atoms with van der Waals surface area (Å²) in [5, 5.41) is 10.5. The highest BCUT2D eigenvalue weighted by Gasteiger charge is 2.44. The maximum absolute atomic E-state index is 10.5. The van der Waals surface area contributed by atoms with Crippen molar-refractivity contribution in [2.24, 2.45) is 5.73 Å². The van der Waals surface area contributed by atoms with Crippen LogP contribution in [0.5, 0.6) is 0 Å². The molecule has 0 aromatic rings. The number of rotatable bonds is 3. The van der Waals surface area contributed by atoms with E-state index in [0.29, 0.717) is 0 Å². The van der Waals surface area contributed by atoms with E-state index in [1.54, 1.807) is 0 Å². The van der Waals surface area contributed by atoms with Gasteiger partial charge in [0.15, 0.2) is 0 Å². The lowest BCUT2D eigenvalue weighted by Crippen LogP contribution is -2.62. The molecule has 1 rings (SSSR count). The minimum atomic E-state index is -0.657. The molecule has 0 bridgehead atoms. The van der Waals surface area contributed by atoms with Crippen LogP contribution < -0.4 is 5.73 Å². The zero-order valence-corrected chi connectivity index (χ0v) is 9.71.